The van der Waals surface area contributed by atoms with E-state index in [0.29, 0.717) is 17.2 Å². The normalized spacial score (nSPS) is 10.6. The molecular weight excluding hydrogens is 338 g/mol. The molecule has 1 aromatic carbocycles. The molecule has 2 heterocycles. The number of ether oxygens (including phenoxy) is 1. The van der Waals surface area contributed by atoms with Gasteiger partial charge in [0.05, 0.1) is 0 Å². The van der Waals surface area contributed by atoms with Gasteiger partial charge in [0.25, 0.3) is 0 Å². The van der Waals surface area contributed by atoms with Crippen LogP contribution in [0.5, 0.6) is 0 Å². The summed E-state index contributed by atoms with van der Waals surface area (Å²) in [5.74, 6) is -0.864. The molecule has 128 valence electrons. The summed E-state index contributed by atoms with van der Waals surface area (Å²) < 4.78 is 5.13. The molecule has 0 saturated heterocycles. The van der Waals surface area contributed by atoms with Crippen LogP contribution >= 0.6 is 11.3 Å². The summed E-state index contributed by atoms with van der Waals surface area (Å²) >= 11 is 1.29. The third kappa shape index (κ3) is 3.61. The maximum Gasteiger partial charge on any atom is 0.358 e. The molecule has 0 aliphatic carbocycles. The van der Waals surface area contributed by atoms with E-state index < -0.39 is 5.97 Å². The molecule has 0 unspecified atom stereocenters. The highest BCUT2D eigenvalue weighted by atomic mass is 32.1. The van der Waals surface area contributed by atoms with Crippen LogP contribution in [0.3, 0.4) is 0 Å². The number of ketones is 1. The Morgan fingerprint density at radius 2 is 2.20 bits per heavy atom. The van der Waals surface area contributed by atoms with Crippen molar-refractivity contribution in [3.05, 3.63) is 59.3 Å². The van der Waals surface area contributed by atoms with Gasteiger partial charge in [0.15, 0.2) is 17.4 Å². The standard InChI is InChI=1S/C18H17N3O3S/c1-3-8-19-18-21-14(10-25-18)17(23)24-9-15(22)16-11(2)20-13-7-5-4-6-12(13)16/h3-7,10,20H,1,8-9H2,2H3,(H,19,21). The van der Waals surface area contributed by atoms with Gasteiger partial charge in [0.1, 0.15) is 0 Å². The van der Waals surface area contributed by atoms with E-state index in [1.165, 1.54) is 11.3 Å². The fraction of sp³-hybridized carbons (Fsp3) is 0.167. The van der Waals surface area contributed by atoms with E-state index in [4.69, 9.17) is 4.74 Å². The highest BCUT2D eigenvalue weighted by Crippen LogP contribution is 2.22. The van der Waals surface area contributed by atoms with Crippen LogP contribution < -0.4 is 5.32 Å². The first-order valence-corrected chi connectivity index (χ1v) is 8.56. The van der Waals surface area contributed by atoms with E-state index in [1.807, 2.05) is 31.2 Å². The number of fused-ring (bicyclic) bond motifs is 1. The van der Waals surface area contributed by atoms with Crippen LogP contribution in [0.1, 0.15) is 26.5 Å². The van der Waals surface area contributed by atoms with Crippen LogP contribution in [-0.2, 0) is 4.74 Å². The fourth-order valence-corrected chi connectivity index (χ4v) is 3.21. The van der Waals surface area contributed by atoms with E-state index in [0.717, 1.165) is 16.6 Å². The van der Waals surface area contributed by atoms with E-state index >= 15 is 0 Å². The largest absolute Gasteiger partial charge is 0.453 e. The molecule has 0 aliphatic rings. The number of hydrogen-bond donors (Lipinski definition) is 2. The van der Waals surface area contributed by atoms with Crippen molar-refractivity contribution in [2.24, 2.45) is 0 Å². The Labute approximate surface area is 148 Å². The number of thiazole rings is 1. The van der Waals surface area contributed by atoms with Crippen LogP contribution in [0.2, 0.25) is 0 Å². The average molecular weight is 355 g/mol. The number of aromatic amines is 1. The van der Waals surface area contributed by atoms with Gasteiger partial charge in [-0.05, 0) is 13.0 Å². The minimum absolute atomic E-state index is 0.181. The number of nitrogens with zero attached hydrogens (tertiary/aromatic N) is 1. The maximum absolute atomic E-state index is 12.5. The molecule has 0 aliphatic heterocycles. The Morgan fingerprint density at radius 3 is 3.00 bits per heavy atom. The molecule has 0 amide bonds. The van der Waals surface area contributed by atoms with Crippen molar-refractivity contribution in [2.75, 3.05) is 18.5 Å². The molecule has 0 saturated carbocycles. The van der Waals surface area contributed by atoms with E-state index in [1.54, 1.807) is 11.5 Å². The van der Waals surface area contributed by atoms with Gasteiger partial charge in [-0.25, -0.2) is 9.78 Å². The Hall–Kier alpha value is -2.93. The monoisotopic (exact) mass is 355 g/mol. The minimum Gasteiger partial charge on any atom is -0.453 e. The summed E-state index contributed by atoms with van der Waals surface area (Å²) in [6, 6.07) is 7.53. The number of aryl methyl sites for hydroxylation is 1. The number of hydrogen-bond acceptors (Lipinski definition) is 6. The summed E-state index contributed by atoms with van der Waals surface area (Å²) in [5, 5.41) is 6.01. The van der Waals surface area contributed by atoms with Gasteiger partial charge >= 0.3 is 5.97 Å². The number of aromatic nitrogens is 2. The molecule has 0 spiro atoms. The smallest absolute Gasteiger partial charge is 0.358 e. The molecule has 3 rings (SSSR count). The second-order valence-corrected chi connectivity index (χ2v) is 6.24. The Bertz CT molecular complexity index is 942. The number of carbonyl (C=O) groups excluding carboxylic acids is 2. The predicted molar refractivity (Wildman–Crippen MR) is 98.4 cm³/mol. The molecule has 0 atom stereocenters. The Kier molecular flexibility index (Phi) is 4.95. The summed E-state index contributed by atoms with van der Waals surface area (Å²) in [5.41, 5.74) is 2.37. The van der Waals surface area contributed by atoms with Gasteiger partial charge < -0.3 is 15.0 Å². The minimum atomic E-state index is -0.617. The van der Waals surface area contributed by atoms with Crippen LogP contribution in [0.15, 0.2) is 42.3 Å². The van der Waals surface area contributed by atoms with Crippen molar-refractivity contribution in [1.29, 1.82) is 0 Å². The molecule has 2 aromatic heterocycles. The first-order valence-electron chi connectivity index (χ1n) is 7.68. The molecule has 0 radical (unpaired) electrons. The van der Waals surface area contributed by atoms with Gasteiger partial charge in [-0.1, -0.05) is 24.3 Å². The predicted octanol–water partition coefficient (Wildman–Crippen LogP) is 3.57. The van der Waals surface area contributed by atoms with Crippen LogP contribution in [0.4, 0.5) is 5.13 Å². The summed E-state index contributed by atoms with van der Waals surface area (Å²) in [7, 11) is 0. The van der Waals surface area contributed by atoms with Gasteiger partial charge in [-0.15, -0.1) is 17.9 Å². The number of esters is 1. The van der Waals surface area contributed by atoms with E-state index in [9.17, 15) is 9.59 Å². The van der Waals surface area contributed by atoms with Crippen LogP contribution in [0, 0.1) is 6.92 Å². The lowest BCUT2D eigenvalue weighted by Gasteiger charge is -2.03. The third-order valence-electron chi connectivity index (χ3n) is 3.62. The van der Waals surface area contributed by atoms with Crippen molar-refractivity contribution in [2.45, 2.75) is 6.92 Å². The SMILES string of the molecule is C=CCNc1nc(C(=O)OCC(=O)c2c(C)[nH]c3ccccc23)cs1. The Morgan fingerprint density at radius 1 is 1.40 bits per heavy atom. The zero-order valence-corrected chi connectivity index (χ0v) is 14.5. The lowest BCUT2D eigenvalue weighted by Crippen LogP contribution is -2.15. The number of rotatable bonds is 7. The zero-order chi connectivity index (χ0) is 17.8. The number of nitrogens with one attached hydrogen (secondary N) is 2. The second-order valence-electron chi connectivity index (χ2n) is 5.38. The molecule has 25 heavy (non-hydrogen) atoms. The molecule has 2 N–H and O–H groups in total. The molecule has 6 nitrogen and oxygen atoms in total. The van der Waals surface area contributed by atoms with Crippen molar-refractivity contribution in [3.8, 4) is 0 Å². The van der Waals surface area contributed by atoms with E-state index in [2.05, 4.69) is 21.9 Å². The third-order valence-corrected chi connectivity index (χ3v) is 4.42. The van der Waals surface area contributed by atoms with Gasteiger partial charge in [-0.3, -0.25) is 4.79 Å². The molecule has 0 fully saturated rings. The van der Waals surface area contributed by atoms with Crippen molar-refractivity contribution in [3.63, 3.8) is 0 Å². The number of para-hydroxylation sites is 1. The van der Waals surface area contributed by atoms with Gasteiger partial charge in [0.2, 0.25) is 5.78 Å². The lowest BCUT2D eigenvalue weighted by molar-refractivity contribution is 0.0470. The lowest BCUT2D eigenvalue weighted by atomic mass is 10.1. The van der Waals surface area contributed by atoms with Crippen LogP contribution in [0.25, 0.3) is 10.9 Å². The maximum atomic E-state index is 12.5. The second kappa shape index (κ2) is 7.31. The summed E-state index contributed by atoms with van der Waals surface area (Å²) in [6.45, 7) is 5.66. The summed E-state index contributed by atoms with van der Waals surface area (Å²) in [4.78, 5) is 31.8. The van der Waals surface area contributed by atoms with Crippen LogP contribution in [-0.4, -0.2) is 34.9 Å². The number of anilines is 1. The number of carbonyl (C=O) groups is 2. The molecule has 3 aromatic rings. The highest BCUT2D eigenvalue weighted by Gasteiger charge is 2.19. The topological polar surface area (TPSA) is 84.1 Å². The number of benzene rings is 1. The number of Topliss-reactive ketones (excluding diaryl/α,β-unsaturated/α-hetero) is 1. The van der Waals surface area contributed by atoms with Gasteiger partial charge in [0, 0.05) is 34.1 Å². The van der Waals surface area contributed by atoms with Crippen molar-refractivity contribution in [1.82, 2.24) is 9.97 Å². The quantitative estimate of drug-likeness (QED) is 0.384. The zero-order valence-electron chi connectivity index (χ0n) is 13.7. The van der Waals surface area contributed by atoms with E-state index in [-0.39, 0.29) is 18.1 Å². The number of H-pyrrole nitrogens is 1. The average Bonchev–Trinajstić information content (AvgIpc) is 3.21. The first kappa shape index (κ1) is 16.9. The molecule has 0 bridgehead atoms. The fourth-order valence-electron chi connectivity index (χ4n) is 2.52. The van der Waals surface area contributed by atoms with Crippen molar-refractivity contribution >= 4 is 39.1 Å². The summed E-state index contributed by atoms with van der Waals surface area (Å²) in [6.07, 6.45) is 1.70. The van der Waals surface area contributed by atoms with Crippen molar-refractivity contribution < 1.29 is 14.3 Å². The molecule has 7 heteroatoms. The molecular formula is C18H17N3O3S. The highest BCUT2D eigenvalue weighted by molar-refractivity contribution is 7.13. The first-order chi connectivity index (χ1) is 12.1. The Balaban J connectivity index is 1.67. The van der Waals surface area contributed by atoms with Gasteiger partial charge in [-0.2, -0.15) is 0 Å².